The van der Waals surface area contributed by atoms with E-state index in [1.807, 2.05) is 6.92 Å². The van der Waals surface area contributed by atoms with E-state index in [2.05, 4.69) is 16.1 Å². The van der Waals surface area contributed by atoms with E-state index in [-0.39, 0.29) is 6.04 Å². The van der Waals surface area contributed by atoms with Crippen LogP contribution in [0.4, 0.5) is 0 Å². The van der Waals surface area contributed by atoms with Crippen LogP contribution in [0.2, 0.25) is 0 Å². The third-order valence-electron chi connectivity index (χ3n) is 2.77. The quantitative estimate of drug-likeness (QED) is 0.783. The van der Waals surface area contributed by atoms with Crippen molar-refractivity contribution in [3.05, 3.63) is 23.2 Å². The normalized spacial score (nSPS) is 11.9. The number of nitrogens with zero attached hydrogens (tertiary/aromatic N) is 1. The Balaban J connectivity index is 2.64. The van der Waals surface area contributed by atoms with Gasteiger partial charge in [0.05, 0.1) is 26.1 Å². The standard InChI is InChI=1S/C13H18N2O3/c1-4-10(5-6-14)15-8-11-7-12(9(2)18-11)13(16)17-3/h7,10,15H,4-5,8H2,1-3H3. The summed E-state index contributed by atoms with van der Waals surface area (Å²) in [5.74, 6) is 0.822. The first-order valence-electron chi connectivity index (χ1n) is 5.90. The Morgan fingerprint density at radius 3 is 2.94 bits per heavy atom. The minimum absolute atomic E-state index is 0.141. The van der Waals surface area contributed by atoms with E-state index in [4.69, 9.17) is 9.68 Å². The number of furan rings is 1. The number of rotatable bonds is 6. The summed E-state index contributed by atoms with van der Waals surface area (Å²) in [7, 11) is 1.34. The number of methoxy groups -OCH3 is 1. The number of aryl methyl sites for hydroxylation is 1. The van der Waals surface area contributed by atoms with E-state index >= 15 is 0 Å². The summed E-state index contributed by atoms with van der Waals surface area (Å²) < 4.78 is 10.1. The zero-order valence-electron chi connectivity index (χ0n) is 10.9. The molecule has 5 heteroatoms. The van der Waals surface area contributed by atoms with E-state index in [1.54, 1.807) is 13.0 Å². The lowest BCUT2D eigenvalue weighted by Crippen LogP contribution is -2.27. The minimum Gasteiger partial charge on any atom is -0.465 e. The molecule has 1 aromatic heterocycles. The van der Waals surface area contributed by atoms with Gasteiger partial charge in [-0.3, -0.25) is 0 Å². The Kier molecular flexibility index (Phi) is 5.40. The summed E-state index contributed by atoms with van der Waals surface area (Å²) in [5, 5.41) is 11.9. The molecule has 98 valence electrons. The van der Waals surface area contributed by atoms with E-state index in [9.17, 15) is 4.79 Å². The van der Waals surface area contributed by atoms with Crippen LogP contribution in [0.3, 0.4) is 0 Å². The van der Waals surface area contributed by atoms with Gasteiger partial charge in [0.1, 0.15) is 17.1 Å². The molecule has 1 rings (SSSR count). The Bertz CT molecular complexity index is 446. The molecule has 1 atom stereocenters. The van der Waals surface area contributed by atoms with Crippen LogP contribution in [-0.2, 0) is 11.3 Å². The van der Waals surface area contributed by atoms with Gasteiger partial charge < -0.3 is 14.5 Å². The topological polar surface area (TPSA) is 75.3 Å². The van der Waals surface area contributed by atoms with Crippen molar-refractivity contribution in [2.75, 3.05) is 7.11 Å². The lowest BCUT2D eigenvalue weighted by molar-refractivity contribution is 0.0599. The third-order valence-corrected chi connectivity index (χ3v) is 2.77. The molecule has 0 aromatic carbocycles. The average Bonchev–Trinajstić information content (AvgIpc) is 2.74. The molecule has 0 fully saturated rings. The van der Waals surface area contributed by atoms with Crippen molar-refractivity contribution in [2.45, 2.75) is 39.3 Å². The molecule has 0 bridgehead atoms. The Labute approximate surface area is 107 Å². The van der Waals surface area contributed by atoms with Crippen LogP contribution in [0, 0.1) is 18.3 Å². The molecule has 0 amide bonds. The van der Waals surface area contributed by atoms with E-state index in [1.165, 1.54) is 7.11 Å². The number of carbonyl (C=O) groups is 1. The number of ether oxygens (including phenoxy) is 1. The molecule has 1 heterocycles. The lowest BCUT2D eigenvalue weighted by atomic mass is 10.1. The molecule has 5 nitrogen and oxygen atoms in total. The molecule has 0 aliphatic heterocycles. The van der Waals surface area contributed by atoms with E-state index in [0.717, 1.165) is 6.42 Å². The Hall–Kier alpha value is -1.80. The van der Waals surface area contributed by atoms with Crippen molar-refractivity contribution < 1.29 is 13.9 Å². The van der Waals surface area contributed by atoms with Gasteiger partial charge in [0.15, 0.2) is 0 Å². The number of nitrogens with one attached hydrogen (secondary N) is 1. The first kappa shape index (κ1) is 14.3. The Morgan fingerprint density at radius 2 is 2.39 bits per heavy atom. The highest BCUT2D eigenvalue weighted by molar-refractivity contribution is 5.90. The van der Waals surface area contributed by atoms with Crippen LogP contribution in [0.5, 0.6) is 0 Å². The van der Waals surface area contributed by atoms with E-state index in [0.29, 0.717) is 30.0 Å². The number of nitriles is 1. The third kappa shape index (κ3) is 3.60. The van der Waals surface area contributed by atoms with Crippen LogP contribution in [0.25, 0.3) is 0 Å². The van der Waals surface area contributed by atoms with Gasteiger partial charge in [-0.1, -0.05) is 6.92 Å². The fourth-order valence-corrected chi connectivity index (χ4v) is 1.66. The maximum Gasteiger partial charge on any atom is 0.341 e. The van der Waals surface area contributed by atoms with Crippen molar-refractivity contribution in [1.82, 2.24) is 5.32 Å². The molecule has 1 unspecified atom stereocenters. The first-order chi connectivity index (χ1) is 8.62. The highest BCUT2D eigenvalue weighted by Crippen LogP contribution is 2.15. The second-order valence-corrected chi connectivity index (χ2v) is 4.02. The summed E-state index contributed by atoms with van der Waals surface area (Å²) >= 11 is 0. The summed E-state index contributed by atoms with van der Waals surface area (Å²) in [4.78, 5) is 11.4. The number of esters is 1. The highest BCUT2D eigenvalue weighted by Gasteiger charge is 2.15. The Morgan fingerprint density at radius 1 is 1.67 bits per heavy atom. The zero-order chi connectivity index (χ0) is 13.5. The zero-order valence-corrected chi connectivity index (χ0v) is 10.9. The molecular weight excluding hydrogens is 232 g/mol. The van der Waals surface area contributed by atoms with Gasteiger partial charge in [-0.05, 0) is 19.4 Å². The van der Waals surface area contributed by atoms with Gasteiger partial charge in [0.2, 0.25) is 0 Å². The largest absolute Gasteiger partial charge is 0.465 e. The predicted octanol–water partition coefficient (Wildman–Crippen LogP) is 2.16. The molecule has 0 saturated carbocycles. The SMILES string of the molecule is CCC(CC#N)NCc1cc(C(=O)OC)c(C)o1. The van der Waals surface area contributed by atoms with Crippen molar-refractivity contribution in [3.8, 4) is 6.07 Å². The number of hydrogen-bond donors (Lipinski definition) is 1. The van der Waals surface area contributed by atoms with Gasteiger partial charge >= 0.3 is 5.97 Å². The van der Waals surface area contributed by atoms with Gasteiger partial charge in [-0.25, -0.2) is 4.79 Å². The first-order valence-corrected chi connectivity index (χ1v) is 5.90. The predicted molar refractivity (Wildman–Crippen MR) is 65.9 cm³/mol. The van der Waals surface area contributed by atoms with Crippen LogP contribution in [0.1, 0.15) is 41.6 Å². The van der Waals surface area contributed by atoms with Crippen molar-refractivity contribution >= 4 is 5.97 Å². The maximum atomic E-state index is 11.4. The summed E-state index contributed by atoms with van der Waals surface area (Å²) in [6, 6.07) is 3.95. The van der Waals surface area contributed by atoms with E-state index < -0.39 is 5.97 Å². The monoisotopic (exact) mass is 250 g/mol. The van der Waals surface area contributed by atoms with Gasteiger partial charge in [0, 0.05) is 6.04 Å². The maximum absolute atomic E-state index is 11.4. The van der Waals surface area contributed by atoms with Gasteiger partial charge in [-0.15, -0.1) is 0 Å². The molecule has 1 aromatic rings. The molecule has 0 radical (unpaired) electrons. The van der Waals surface area contributed by atoms with Crippen LogP contribution >= 0.6 is 0 Å². The highest BCUT2D eigenvalue weighted by atomic mass is 16.5. The molecule has 0 spiro atoms. The van der Waals surface area contributed by atoms with Gasteiger partial charge in [-0.2, -0.15) is 5.26 Å². The molecule has 18 heavy (non-hydrogen) atoms. The fraction of sp³-hybridized carbons (Fsp3) is 0.538. The summed E-state index contributed by atoms with van der Waals surface area (Å²) in [5.41, 5.74) is 0.447. The molecule has 1 N–H and O–H groups in total. The second-order valence-electron chi connectivity index (χ2n) is 4.02. The smallest absolute Gasteiger partial charge is 0.341 e. The molecular formula is C13H18N2O3. The minimum atomic E-state index is -0.397. The number of carbonyl (C=O) groups excluding carboxylic acids is 1. The van der Waals surface area contributed by atoms with Crippen molar-refractivity contribution in [1.29, 1.82) is 5.26 Å². The molecule has 0 aliphatic rings. The molecule has 0 aliphatic carbocycles. The average molecular weight is 250 g/mol. The van der Waals surface area contributed by atoms with Crippen LogP contribution < -0.4 is 5.32 Å². The second kappa shape index (κ2) is 6.82. The fourth-order valence-electron chi connectivity index (χ4n) is 1.66. The van der Waals surface area contributed by atoms with Crippen molar-refractivity contribution in [3.63, 3.8) is 0 Å². The van der Waals surface area contributed by atoms with Crippen LogP contribution in [-0.4, -0.2) is 19.1 Å². The number of hydrogen-bond acceptors (Lipinski definition) is 5. The lowest BCUT2D eigenvalue weighted by Gasteiger charge is -2.11. The van der Waals surface area contributed by atoms with Crippen molar-refractivity contribution in [2.24, 2.45) is 0 Å². The van der Waals surface area contributed by atoms with Gasteiger partial charge in [0.25, 0.3) is 0 Å². The summed E-state index contributed by atoms with van der Waals surface area (Å²) in [6.07, 6.45) is 1.33. The van der Waals surface area contributed by atoms with Crippen LogP contribution in [0.15, 0.2) is 10.5 Å². The summed E-state index contributed by atoms with van der Waals surface area (Å²) in [6.45, 7) is 4.24. The molecule has 0 saturated heterocycles.